The van der Waals surface area contributed by atoms with E-state index in [1.807, 2.05) is 6.92 Å². The Morgan fingerprint density at radius 3 is 2.63 bits per heavy atom. The molecule has 3 rings (SSSR count). The zero-order chi connectivity index (χ0) is 13.1. The van der Waals surface area contributed by atoms with Gasteiger partial charge in [0, 0.05) is 38.8 Å². The van der Waals surface area contributed by atoms with Crippen molar-refractivity contribution < 1.29 is 14.0 Å². The molecule has 6 nitrogen and oxygen atoms in total. The van der Waals surface area contributed by atoms with Gasteiger partial charge in [-0.05, 0) is 12.8 Å². The minimum absolute atomic E-state index is 0.261. The number of aryl methyl sites for hydroxylation is 1. The minimum Gasteiger partial charge on any atom is -0.348 e. The molecule has 0 bridgehead atoms. The van der Waals surface area contributed by atoms with Crippen LogP contribution in [-0.4, -0.2) is 41.7 Å². The maximum absolute atomic E-state index is 5.72. The molecule has 1 N–H and O–H groups in total. The number of hydrogen-bond acceptors (Lipinski definition) is 6. The fourth-order valence-corrected chi connectivity index (χ4v) is 2.88. The lowest BCUT2D eigenvalue weighted by Crippen LogP contribution is -2.42. The van der Waals surface area contributed by atoms with Gasteiger partial charge in [-0.3, -0.25) is 0 Å². The first kappa shape index (κ1) is 13.0. The van der Waals surface area contributed by atoms with Gasteiger partial charge in [0.1, 0.15) is 0 Å². The first-order valence-electron chi connectivity index (χ1n) is 7.06. The van der Waals surface area contributed by atoms with Gasteiger partial charge in [0.15, 0.2) is 11.6 Å². The number of hydrogen-bond donors (Lipinski definition) is 1. The molecule has 2 aliphatic rings. The van der Waals surface area contributed by atoms with Crippen LogP contribution in [-0.2, 0) is 15.9 Å². The summed E-state index contributed by atoms with van der Waals surface area (Å²) in [5.74, 6) is 1.15. The van der Waals surface area contributed by atoms with Crippen LogP contribution in [0.2, 0.25) is 0 Å². The summed E-state index contributed by atoms with van der Waals surface area (Å²) in [4.78, 5) is 4.19. The molecule has 2 heterocycles. The number of nitrogens with zero attached hydrogens (tertiary/aromatic N) is 2. The van der Waals surface area contributed by atoms with Gasteiger partial charge in [-0.1, -0.05) is 5.16 Å². The van der Waals surface area contributed by atoms with Crippen LogP contribution in [0.5, 0.6) is 0 Å². The molecule has 0 radical (unpaired) electrons. The fourth-order valence-electron chi connectivity index (χ4n) is 2.88. The Balaban J connectivity index is 1.38. The molecule has 19 heavy (non-hydrogen) atoms. The van der Waals surface area contributed by atoms with E-state index in [0.29, 0.717) is 11.9 Å². The predicted octanol–water partition coefficient (Wildman–Crippen LogP) is 1.20. The first-order valence-corrected chi connectivity index (χ1v) is 7.06. The molecule has 1 saturated heterocycles. The van der Waals surface area contributed by atoms with E-state index < -0.39 is 0 Å². The van der Waals surface area contributed by atoms with Crippen molar-refractivity contribution >= 4 is 0 Å². The molecule has 0 unspecified atom stereocenters. The molecule has 6 heteroatoms. The molecule has 1 aromatic heterocycles. The lowest BCUT2D eigenvalue weighted by atomic mass is 9.90. The average molecular weight is 267 g/mol. The van der Waals surface area contributed by atoms with Crippen LogP contribution in [0.1, 0.15) is 37.4 Å². The van der Waals surface area contributed by atoms with Gasteiger partial charge in [0.2, 0.25) is 5.89 Å². The summed E-state index contributed by atoms with van der Waals surface area (Å²) in [5.41, 5.74) is 0. The second-order valence-corrected chi connectivity index (χ2v) is 5.32. The van der Waals surface area contributed by atoms with Gasteiger partial charge in [0.25, 0.3) is 0 Å². The van der Waals surface area contributed by atoms with Gasteiger partial charge >= 0.3 is 0 Å². The summed E-state index contributed by atoms with van der Waals surface area (Å²) < 4.78 is 16.4. The standard InChI is InChI=1S/C13H21N3O3/c1-10-15-12(16-19-10)4-7-14-11-2-5-13(6-3-11)17-8-9-18-13/h11,14H,2-9H2,1H3. The SMILES string of the molecule is Cc1nc(CCNC2CCC3(CC2)OCCO3)no1. The number of nitrogens with one attached hydrogen (secondary N) is 1. The van der Waals surface area contributed by atoms with E-state index in [2.05, 4.69) is 15.5 Å². The fraction of sp³-hybridized carbons (Fsp3) is 0.846. The minimum atomic E-state index is -0.261. The molecule has 106 valence electrons. The lowest BCUT2D eigenvalue weighted by molar-refractivity contribution is -0.179. The summed E-state index contributed by atoms with van der Waals surface area (Å²) in [7, 11) is 0. The first-order chi connectivity index (χ1) is 9.26. The van der Waals surface area contributed by atoms with Crippen molar-refractivity contribution in [1.82, 2.24) is 15.5 Å². The molecule has 1 aromatic rings. The highest BCUT2D eigenvalue weighted by Crippen LogP contribution is 2.35. The van der Waals surface area contributed by atoms with Crippen molar-refractivity contribution in [1.29, 1.82) is 0 Å². The van der Waals surface area contributed by atoms with Gasteiger partial charge in [0.05, 0.1) is 13.2 Å². The van der Waals surface area contributed by atoms with E-state index in [-0.39, 0.29) is 5.79 Å². The van der Waals surface area contributed by atoms with Crippen molar-refractivity contribution in [2.45, 2.75) is 50.9 Å². The highest BCUT2D eigenvalue weighted by molar-refractivity contribution is 4.88. The monoisotopic (exact) mass is 267 g/mol. The van der Waals surface area contributed by atoms with E-state index in [0.717, 1.165) is 57.7 Å². The van der Waals surface area contributed by atoms with E-state index in [9.17, 15) is 0 Å². The average Bonchev–Trinajstić information content (AvgIpc) is 3.02. The normalized spacial score (nSPS) is 23.2. The van der Waals surface area contributed by atoms with Crippen LogP contribution in [0, 0.1) is 6.92 Å². The van der Waals surface area contributed by atoms with Gasteiger partial charge < -0.3 is 19.3 Å². The zero-order valence-corrected chi connectivity index (χ0v) is 11.4. The zero-order valence-electron chi connectivity index (χ0n) is 11.4. The van der Waals surface area contributed by atoms with Crippen LogP contribution in [0.3, 0.4) is 0 Å². The summed E-state index contributed by atoms with van der Waals surface area (Å²) in [6, 6.07) is 0.548. The van der Waals surface area contributed by atoms with Gasteiger partial charge in [-0.2, -0.15) is 4.98 Å². The maximum Gasteiger partial charge on any atom is 0.223 e. The van der Waals surface area contributed by atoms with Crippen molar-refractivity contribution in [3.8, 4) is 0 Å². The molecule has 1 spiro atoms. The topological polar surface area (TPSA) is 69.4 Å². The quantitative estimate of drug-likeness (QED) is 0.884. The van der Waals surface area contributed by atoms with E-state index in [4.69, 9.17) is 14.0 Å². The van der Waals surface area contributed by atoms with E-state index >= 15 is 0 Å². The Morgan fingerprint density at radius 2 is 2.00 bits per heavy atom. The summed E-state index contributed by atoms with van der Waals surface area (Å²) in [5, 5.41) is 7.44. The van der Waals surface area contributed by atoms with Crippen LogP contribution in [0.15, 0.2) is 4.52 Å². The van der Waals surface area contributed by atoms with Crippen LogP contribution in [0.4, 0.5) is 0 Å². The molecule has 2 fully saturated rings. The molecule has 0 aromatic carbocycles. The van der Waals surface area contributed by atoms with Gasteiger partial charge in [-0.25, -0.2) is 0 Å². The number of aromatic nitrogens is 2. The Bertz CT molecular complexity index is 405. The largest absolute Gasteiger partial charge is 0.348 e. The third kappa shape index (κ3) is 3.13. The maximum atomic E-state index is 5.72. The molecule has 0 amide bonds. The summed E-state index contributed by atoms with van der Waals surface area (Å²) >= 11 is 0. The smallest absolute Gasteiger partial charge is 0.223 e. The van der Waals surface area contributed by atoms with Crippen LogP contribution < -0.4 is 5.32 Å². The number of rotatable bonds is 4. The summed E-state index contributed by atoms with van der Waals surface area (Å²) in [6.07, 6.45) is 5.00. The molecule has 0 atom stereocenters. The Labute approximate surface area is 112 Å². The predicted molar refractivity (Wildman–Crippen MR) is 67.6 cm³/mol. The van der Waals surface area contributed by atoms with Crippen molar-refractivity contribution in [3.05, 3.63) is 11.7 Å². The molecular formula is C13H21N3O3. The van der Waals surface area contributed by atoms with Crippen LogP contribution >= 0.6 is 0 Å². The van der Waals surface area contributed by atoms with Crippen molar-refractivity contribution in [3.63, 3.8) is 0 Å². The van der Waals surface area contributed by atoms with Crippen molar-refractivity contribution in [2.24, 2.45) is 0 Å². The Hall–Kier alpha value is -0.980. The molecule has 1 saturated carbocycles. The Morgan fingerprint density at radius 1 is 1.26 bits per heavy atom. The van der Waals surface area contributed by atoms with Crippen molar-refractivity contribution in [2.75, 3.05) is 19.8 Å². The third-order valence-electron chi connectivity index (χ3n) is 3.91. The molecular weight excluding hydrogens is 246 g/mol. The highest BCUT2D eigenvalue weighted by Gasteiger charge is 2.40. The third-order valence-corrected chi connectivity index (χ3v) is 3.91. The van der Waals surface area contributed by atoms with E-state index in [1.165, 1.54) is 0 Å². The molecule has 1 aliphatic heterocycles. The molecule has 1 aliphatic carbocycles. The highest BCUT2D eigenvalue weighted by atomic mass is 16.7. The lowest BCUT2D eigenvalue weighted by Gasteiger charge is -2.35. The second kappa shape index (κ2) is 5.56. The summed E-state index contributed by atoms with van der Waals surface area (Å²) in [6.45, 7) is 4.19. The Kier molecular flexibility index (Phi) is 3.81. The van der Waals surface area contributed by atoms with Gasteiger partial charge in [-0.15, -0.1) is 0 Å². The van der Waals surface area contributed by atoms with Crippen LogP contribution in [0.25, 0.3) is 0 Å². The van der Waals surface area contributed by atoms with E-state index in [1.54, 1.807) is 0 Å². The number of ether oxygens (including phenoxy) is 2. The second-order valence-electron chi connectivity index (χ2n) is 5.32.